The summed E-state index contributed by atoms with van der Waals surface area (Å²) in [6, 6.07) is 1.86. The number of nitrogens with zero attached hydrogens (tertiary/aromatic N) is 4. The van der Waals surface area contributed by atoms with Crippen LogP contribution in [0.5, 0.6) is 0 Å². The van der Waals surface area contributed by atoms with Crippen LogP contribution in [0.25, 0.3) is 0 Å². The number of aryl methyl sites for hydroxylation is 3. The summed E-state index contributed by atoms with van der Waals surface area (Å²) >= 11 is 0. The number of hydrogen-bond donors (Lipinski definition) is 1. The highest BCUT2D eigenvalue weighted by molar-refractivity contribution is 5.78. The quantitative estimate of drug-likeness (QED) is 0.896. The summed E-state index contributed by atoms with van der Waals surface area (Å²) < 4.78 is 5.06. The molecule has 0 aliphatic carbocycles. The zero-order valence-corrected chi connectivity index (χ0v) is 13.6. The van der Waals surface area contributed by atoms with E-state index in [4.69, 9.17) is 4.52 Å². The summed E-state index contributed by atoms with van der Waals surface area (Å²) in [5, 5.41) is 6.72. The first kappa shape index (κ1) is 15.9. The molecule has 0 saturated heterocycles. The molecule has 0 spiro atoms. The standard InChI is InChI=1S/C15H21N5O2/c1-9-6-12(18-15(17-9)20(4)5)8-16-14(21)7-13-10(2)19-22-11(13)3/h6H,7-8H2,1-5H3,(H,16,21). The van der Waals surface area contributed by atoms with Crippen molar-refractivity contribution in [1.29, 1.82) is 0 Å². The van der Waals surface area contributed by atoms with Gasteiger partial charge in [-0.05, 0) is 26.8 Å². The first-order valence-electron chi connectivity index (χ1n) is 7.07. The van der Waals surface area contributed by atoms with Crippen molar-refractivity contribution in [3.63, 3.8) is 0 Å². The van der Waals surface area contributed by atoms with E-state index in [9.17, 15) is 4.79 Å². The highest BCUT2D eigenvalue weighted by Crippen LogP contribution is 2.13. The molecule has 0 aromatic carbocycles. The van der Waals surface area contributed by atoms with Crippen LogP contribution in [0.3, 0.4) is 0 Å². The molecule has 2 aromatic heterocycles. The third-order valence-electron chi connectivity index (χ3n) is 3.28. The van der Waals surface area contributed by atoms with Gasteiger partial charge in [0, 0.05) is 25.4 Å². The molecule has 2 rings (SSSR count). The van der Waals surface area contributed by atoms with Crippen LogP contribution in [0.15, 0.2) is 10.6 Å². The summed E-state index contributed by atoms with van der Waals surface area (Å²) in [5.41, 5.74) is 3.24. The average molecular weight is 303 g/mol. The lowest BCUT2D eigenvalue weighted by atomic mass is 10.1. The van der Waals surface area contributed by atoms with Gasteiger partial charge in [0.25, 0.3) is 0 Å². The Morgan fingerprint density at radius 3 is 2.59 bits per heavy atom. The number of amides is 1. The maximum Gasteiger partial charge on any atom is 0.225 e. The van der Waals surface area contributed by atoms with Crippen molar-refractivity contribution in [2.24, 2.45) is 0 Å². The van der Waals surface area contributed by atoms with Crippen molar-refractivity contribution < 1.29 is 9.32 Å². The fourth-order valence-electron chi connectivity index (χ4n) is 2.07. The van der Waals surface area contributed by atoms with Crippen molar-refractivity contribution in [3.8, 4) is 0 Å². The molecule has 1 N–H and O–H groups in total. The molecular formula is C15H21N5O2. The van der Waals surface area contributed by atoms with Crippen molar-refractivity contribution in [2.45, 2.75) is 33.7 Å². The monoisotopic (exact) mass is 303 g/mol. The average Bonchev–Trinajstić information content (AvgIpc) is 2.76. The van der Waals surface area contributed by atoms with Crippen LogP contribution >= 0.6 is 0 Å². The van der Waals surface area contributed by atoms with Crippen molar-refractivity contribution >= 4 is 11.9 Å². The van der Waals surface area contributed by atoms with Crippen molar-refractivity contribution in [2.75, 3.05) is 19.0 Å². The molecule has 0 atom stereocenters. The van der Waals surface area contributed by atoms with Crippen LogP contribution in [0, 0.1) is 20.8 Å². The van der Waals surface area contributed by atoms with E-state index in [-0.39, 0.29) is 12.3 Å². The smallest absolute Gasteiger partial charge is 0.225 e. The Labute approximate surface area is 129 Å². The molecule has 0 bridgehead atoms. The molecule has 0 unspecified atom stereocenters. The Kier molecular flexibility index (Phi) is 4.75. The summed E-state index contributed by atoms with van der Waals surface area (Å²) in [4.78, 5) is 22.6. The minimum Gasteiger partial charge on any atom is -0.361 e. The molecule has 22 heavy (non-hydrogen) atoms. The van der Waals surface area contributed by atoms with Crippen LogP contribution in [-0.4, -0.2) is 35.1 Å². The van der Waals surface area contributed by atoms with Crippen LogP contribution < -0.4 is 10.2 Å². The van der Waals surface area contributed by atoms with E-state index in [2.05, 4.69) is 20.4 Å². The highest BCUT2D eigenvalue weighted by Gasteiger charge is 2.13. The topological polar surface area (TPSA) is 84.2 Å². The number of anilines is 1. The molecule has 0 fully saturated rings. The van der Waals surface area contributed by atoms with Gasteiger partial charge in [0.2, 0.25) is 11.9 Å². The molecular weight excluding hydrogens is 282 g/mol. The second kappa shape index (κ2) is 6.55. The zero-order chi connectivity index (χ0) is 16.3. The molecule has 118 valence electrons. The third-order valence-corrected chi connectivity index (χ3v) is 3.28. The summed E-state index contributed by atoms with van der Waals surface area (Å²) in [7, 11) is 3.77. The van der Waals surface area contributed by atoms with E-state index >= 15 is 0 Å². The first-order chi connectivity index (χ1) is 10.4. The lowest BCUT2D eigenvalue weighted by molar-refractivity contribution is -0.120. The van der Waals surface area contributed by atoms with Gasteiger partial charge < -0.3 is 14.7 Å². The predicted molar refractivity (Wildman–Crippen MR) is 82.6 cm³/mol. The van der Waals surface area contributed by atoms with E-state index in [0.717, 1.165) is 22.6 Å². The van der Waals surface area contributed by atoms with E-state index in [1.54, 1.807) is 6.92 Å². The normalized spacial score (nSPS) is 10.6. The Hall–Kier alpha value is -2.44. The molecule has 2 heterocycles. The van der Waals surface area contributed by atoms with Gasteiger partial charge in [-0.15, -0.1) is 0 Å². The number of hydrogen-bond acceptors (Lipinski definition) is 6. The Morgan fingerprint density at radius 1 is 1.27 bits per heavy atom. The molecule has 0 saturated carbocycles. The van der Waals surface area contributed by atoms with Crippen LogP contribution in [0.1, 0.15) is 28.4 Å². The van der Waals surface area contributed by atoms with Crippen molar-refractivity contribution in [3.05, 3.63) is 34.5 Å². The Balaban J connectivity index is 1.99. The number of nitrogens with one attached hydrogen (secondary N) is 1. The highest BCUT2D eigenvalue weighted by atomic mass is 16.5. The number of carbonyl (C=O) groups excluding carboxylic acids is 1. The van der Waals surface area contributed by atoms with Gasteiger partial charge in [0.1, 0.15) is 5.76 Å². The maximum atomic E-state index is 12.1. The molecule has 7 nitrogen and oxygen atoms in total. The molecule has 7 heteroatoms. The molecule has 2 aromatic rings. The van der Waals surface area contributed by atoms with E-state index in [1.807, 2.05) is 38.9 Å². The number of aromatic nitrogens is 3. The van der Waals surface area contributed by atoms with Gasteiger partial charge in [-0.3, -0.25) is 4.79 Å². The SMILES string of the molecule is Cc1cc(CNC(=O)Cc2c(C)noc2C)nc(N(C)C)n1. The maximum absolute atomic E-state index is 12.1. The fourth-order valence-corrected chi connectivity index (χ4v) is 2.07. The lowest BCUT2D eigenvalue weighted by Gasteiger charge is -2.12. The van der Waals surface area contributed by atoms with Gasteiger partial charge in [-0.2, -0.15) is 0 Å². The van der Waals surface area contributed by atoms with Gasteiger partial charge in [-0.25, -0.2) is 9.97 Å². The minimum absolute atomic E-state index is 0.0860. The summed E-state index contributed by atoms with van der Waals surface area (Å²) in [6.45, 7) is 5.91. The van der Waals surface area contributed by atoms with Crippen LogP contribution in [-0.2, 0) is 17.8 Å². The van der Waals surface area contributed by atoms with Crippen LogP contribution in [0.4, 0.5) is 5.95 Å². The van der Waals surface area contributed by atoms with Crippen molar-refractivity contribution in [1.82, 2.24) is 20.4 Å². The van der Waals surface area contributed by atoms with E-state index < -0.39 is 0 Å². The first-order valence-corrected chi connectivity index (χ1v) is 7.07. The minimum atomic E-state index is -0.0860. The molecule has 0 aliphatic heterocycles. The number of rotatable bonds is 5. The summed E-state index contributed by atoms with van der Waals surface area (Å²) in [6.07, 6.45) is 0.256. The largest absolute Gasteiger partial charge is 0.361 e. The molecule has 0 aliphatic rings. The molecule has 0 radical (unpaired) electrons. The van der Waals surface area contributed by atoms with E-state index in [0.29, 0.717) is 18.3 Å². The fraction of sp³-hybridized carbons (Fsp3) is 0.467. The zero-order valence-electron chi connectivity index (χ0n) is 13.6. The second-order valence-corrected chi connectivity index (χ2v) is 5.45. The molecule has 1 amide bonds. The third kappa shape index (κ3) is 3.81. The Bertz CT molecular complexity index is 659. The van der Waals surface area contributed by atoms with Crippen LogP contribution in [0.2, 0.25) is 0 Å². The van der Waals surface area contributed by atoms with Gasteiger partial charge in [-0.1, -0.05) is 5.16 Å². The van der Waals surface area contributed by atoms with E-state index in [1.165, 1.54) is 0 Å². The van der Waals surface area contributed by atoms with Gasteiger partial charge in [0.05, 0.1) is 24.4 Å². The summed E-state index contributed by atoms with van der Waals surface area (Å²) in [5.74, 6) is 1.23. The lowest BCUT2D eigenvalue weighted by Crippen LogP contribution is -2.26. The number of carbonyl (C=O) groups is 1. The second-order valence-electron chi connectivity index (χ2n) is 5.45. The van der Waals surface area contributed by atoms with Gasteiger partial charge >= 0.3 is 0 Å². The predicted octanol–water partition coefficient (Wildman–Crippen LogP) is 1.31. The van der Waals surface area contributed by atoms with Gasteiger partial charge in [0.15, 0.2) is 0 Å². The Morgan fingerprint density at radius 2 is 2.00 bits per heavy atom.